The minimum atomic E-state index is -4.44. The molecule has 1 atom stereocenters. The van der Waals surface area contributed by atoms with E-state index in [1.807, 2.05) is 0 Å². The fourth-order valence-electron chi connectivity index (χ4n) is 1.60. The van der Waals surface area contributed by atoms with Crippen LogP contribution in [-0.2, 0) is 6.18 Å². The Balaban J connectivity index is 2.34. The normalized spacial score (nSPS) is 13.3. The van der Waals surface area contributed by atoms with Gasteiger partial charge in [-0.15, -0.1) is 0 Å². The van der Waals surface area contributed by atoms with Crippen LogP contribution in [0.2, 0.25) is 0 Å². The summed E-state index contributed by atoms with van der Waals surface area (Å²) in [6.45, 7) is 1.73. The topological polar surface area (TPSA) is 46.0 Å². The maximum Gasteiger partial charge on any atom is 0.416 e. The molecule has 0 saturated heterocycles. The van der Waals surface area contributed by atoms with Gasteiger partial charge in [-0.25, -0.2) is 0 Å². The highest BCUT2D eigenvalue weighted by Gasteiger charge is 2.31. The Morgan fingerprint density at radius 2 is 1.89 bits per heavy atom. The van der Waals surface area contributed by atoms with Crippen molar-refractivity contribution in [1.82, 2.24) is 9.97 Å². The molecule has 2 rings (SSSR count). The maximum absolute atomic E-state index is 12.6. The molecule has 0 radical (unpaired) electrons. The number of halogens is 3. The van der Waals surface area contributed by atoms with Gasteiger partial charge in [0.1, 0.15) is 6.10 Å². The monoisotopic (exact) mass is 268 g/mol. The van der Waals surface area contributed by atoms with Crippen molar-refractivity contribution < 1.29 is 18.3 Å². The van der Waals surface area contributed by atoms with Gasteiger partial charge in [0.2, 0.25) is 0 Å². The van der Waals surface area contributed by atoms with Crippen LogP contribution in [0.4, 0.5) is 13.2 Å². The Bertz CT molecular complexity index is 567. The molecule has 3 nitrogen and oxygen atoms in total. The molecule has 1 heterocycles. The lowest BCUT2D eigenvalue weighted by Crippen LogP contribution is -2.08. The quantitative estimate of drug-likeness (QED) is 0.911. The summed E-state index contributed by atoms with van der Waals surface area (Å²) in [7, 11) is 0. The van der Waals surface area contributed by atoms with E-state index in [4.69, 9.17) is 0 Å². The van der Waals surface area contributed by atoms with Gasteiger partial charge < -0.3 is 5.11 Å². The van der Waals surface area contributed by atoms with E-state index in [2.05, 4.69) is 9.97 Å². The van der Waals surface area contributed by atoms with Crippen molar-refractivity contribution in [2.45, 2.75) is 19.2 Å². The molecular formula is C13H11F3N2O. The van der Waals surface area contributed by atoms with Crippen molar-refractivity contribution in [3.63, 3.8) is 0 Å². The SMILES string of the molecule is Cc1cnc(C(O)c2cccc(C(F)(F)F)c2)cn1. The van der Waals surface area contributed by atoms with Crippen molar-refractivity contribution >= 4 is 0 Å². The predicted octanol–water partition coefficient (Wildman–Crippen LogP) is 2.89. The third kappa shape index (κ3) is 3.08. The number of rotatable bonds is 2. The average Bonchev–Trinajstić information content (AvgIpc) is 2.38. The first kappa shape index (κ1) is 13.5. The zero-order valence-electron chi connectivity index (χ0n) is 10.0. The van der Waals surface area contributed by atoms with E-state index in [1.165, 1.54) is 24.5 Å². The van der Waals surface area contributed by atoms with E-state index in [-0.39, 0.29) is 11.3 Å². The summed E-state index contributed by atoms with van der Waals surface area (Å²) in [5.41, 5.74) is 0.210. The molecule has 0 aliphatic rings. The summed E-state index contributed by atoms with van der Waals surface area (Å²) < 4.78 is 37.7. The summed E-state index contributed by atoms with van der Waals surface area (Å²) >= 11 is 0. The van der Waals surface area contributed by atoms with Gasteiger partial charge in [-0.2, -0.15) is 13.2 Å². The molecule has 0 spiro atoms. The molecule has 2 aromatic rings. The Labute approximate surface area is 107 Å². The van der Waals surface area contributed by atoms with Gasteiger partial charge in [0.15, 0.2) is 0 Å². The van der Waals surface area contributed by atoms with Gasteiger partial charge >= 0.3 is 6.18 Å². The minimum absolute atomic E-state index is 0.132. The zero-order chi connectivity index (χ0) is 14.0. The van der Waals surface area contributed by atoms with E-state index in [9.17, 15) is 18.3 Å². The van der Waals surface area contributed by atoms with Gasteiger partial charge in [0, 0.05) is 6.20 Å². The number of aryl methyl sites for hydroxylation is 1. The molecular weight excluding hydrogens is 257 g/mol. The van der Waals surface area contributed by atoms with Gasteiger partial charge in [-0.1, -0.05) is 12.1 Å². The molecule has 6 heteroatoms. The molecule has 0 bridgehead atoms. The third-order valence-electron chi connectivity index (χ3n) is 2.61. The largest absolute Gasteiger partial charge is 0.416 e. The van der Waals surface area contributed by atoms with E-state index in [0.29, 0.717) is 5.69 Å². The van der Waals surface area contributed by atoms with Gasteiger partial charge in [0.05, 0.1) is 23.1 Å². The van der Waals surface area contributed by atoms with Crippen LogP contribution in [0.1, 0.15) is 28.6 Å². The number of aromatic nitrogens is 2. The lowest BCUT2D eigenvalue weighted by Gasteiger charge is -2.13. The van der Waals surface area contributed by atoms with Crippen molar-refractivity contribution in [3.8, 4) is 0 Å². The Morgan fingerprint density at radius 1 is 1.16 bits per heavy atom. The van der Waals surface area contributed by atoms with Crippen molar-refractivity contribution in [3.05, 3.63) is 59.2 Å². The highest BCUT2D eigenvalue weighted by atomic mass is 19.4. The van der Waals surface area contributed by atoms with Crippen LogP contribution in [0.3, 0.4) is 0 Å². The number of benzene rings is 1. The van der Waals surface area contributed by atoms with Crippen LogP contribution in [0.25, 0.3) is 0 Å². The van der Waals surface area contributed by atoms with Crippen LogP contribution < -0.4 is 0 Å². The Hall–Kier alpha value is -1.95. The smallest absolute Gasteiger partial charge is 0.382 e. The summed E-state index contributed by atoms with van der Waals surface area (Å²) in [5, 5.41) is 10.0. The second-order valence-electron chi connectivity index (χ2n) is 4.11. The number of alkyl halides is 3. The molecule has 1 aromatic heterocycles. The summed E-state index contributed by atoms with van der Waals surface area (Å²) in [6, 6.07) is 4.54. The molecule has 0 aliphatic carbocycles. The number of aliphatic hydroxyl groups excluding tert-OH is 1. The molecule has 0 aliphatic heterocycles. The van der Waals surface area contributed by atoms with Crippen molar-refractivity contribution in [2.75, 3.05) is 0 Å². The second kappa shape index (κ2) is 4.97. The maximum atomic E-state index is 12.6. The first-order chi connectivity index (χ1) is 8.88. The molecule has 0 saturated carbocycles. The number of hydrogen-bond donors (Lipinski definition) is 1. The first-order valence-corrected chi connectivity index (χ1v) is 5.51. The highest BCUT2D eigenvalue weighted by molar-refractivity contribution is 5.30. The van der Waals surface area contributed by atoms with Crippen LogP contribution in [0.15, 0.2) is 36.7 Å². The molecule has 0 fully saturated rings. The summed E-state index contributed by atoms with van der Waals surface area (Å²) in [5.74, 6) is 0. The number of hydrogen-bond acceptors (Lipinski definition) is 3. The average molecular weight is 268 g/mol. The Morgan fingerprint density at radius 3 is 2.47 bits per heavy atom. The number of nitrogens with zero attached hydrogens (tertiary/aromatic N) is 2. The van der Waals surface area contributed by atoms with Crippen molar-refractivity contribution in [2.24, 2.45) is 0 Å². The molecule has 1 N–H and O–H groups in total. The third-order valence-corrected chi connectivity index (χ3v) is 2.61. The van der Waals surface area contributed by atoms with E-state index < -0.39 is 17.8 Å². The second-order valence-corrected chi connectivity index (χ2v) is 4.11. The van der Waals surface area contributed by atoms with E-state index in [1.54, 1.807) is 6.92 Å². The van der Waals surface area contributed by atoms with Crippen LogP contribution >= 0.6 is 0 Å². The molecule has 0 amide bonds. The minimum Gasteiger partial charge on any atom is -0.382 e. The zero-order valence-corrected chi connectivity index (χ0v) is 10.0. The molecule has 1 aromatic carbocycles. The molecule has 19 heavy (non-hydrogen) atoms. The molecule has 100 valence electrons. The van der Waals surface area contributed by atoms with Gasteiger partial charge in [-0.3, -0.25) is 9.97 Å². The fourth-order valence-corrected chi connectivity index (χ4v) is 1.60. The lowest BCUT2D eigenvalue weighted by molar-refractivity contribution is -0.137. The first-order valence-electron chi connectivity index (χ1n) is 5.51. The van der Waals surface area contributed by atoms with Crippen LogP contribution in [0, 0.1) is 6.92 Å². The summed E-state index contributed by atoms with van der Waals surface area (Å²) in [4.78, 5) is 7.90. The summed E-state index contributed by atoms with van der Waals surface area (Å²) in [6.07, 6.45) is -2.86. The van der Waals surface area contributed by atoms with Crippen LogP contribution in [0.5, 0.6) is 0 Å². The predicted molar refractivity (Wildman–Crippen MR) is 62.3 cm³/mol. The standard InChI is InChI=1S/C13H11F3N2O/c1-8-6-18-11(7-17-8)12(19)9-3-2-4-10(5-9)13(14,15)16/h2-7,12,19H,1H3. The molecule has 1 unspecified atom stereocenters. The lowest BCUT2D eigenvalue weighted by atomic mass is 10.0. The van der Waals surface area contributed by atoms with E-state index >= 15 is 0 Å². The Kier molecular flexibility index (Phi) is 3.53. The van der Waals surface area contributed by atoms with Gasteiger partial charge in [-0.05, 0) is 24.6 Å². The van der Waals surface area contributed by atoms with Crippen molar-refractivity contribution in [1.29, 1.82) is 0 Å². The highest BCUT2D eigenvalue weighted by Crippen LogP contribution is 2.31. The number of aliphatic hydroxyl groups is 1. The van der Waals surface area contributed by atoms with Crippen LogP contribution in [-0.4, -0.2) is 15.1 Å². The van der Waals surface area contributed by atoms with Gasteiger partial charge in [0.25, 0.3) is 0 Å². The fraction of sp³-hybridized carbons (Fsp3) is 0.231. The van der Waals surface area contributed by atoms with E-state index in [0.717, 1.165) is 12.1 Å².